The van der Waals surface area contributed by atoms with Gasteiger partial charge in [0, 0.05) is 0 Å². The van der Waals surface area contributed by atoms with Gasteiger partial charge in [-0.05, 0) is 30.6 Å². The molecule has 0 aromatic heterocycles. The Morgan fingerprint density at radius 2 is 1.80 bits per heavy atom. The van der Waals surface area contributed by atoms with Crippen LogP contribution in [-0.4, -0.2) is 0 Å². The van der Waals surface area contributed by atoms with Crippen molar-refractivity contribution in [2.24, 2.45) is 11.3 Å². The van der Waals surface area contributed by atoms with Crippen LogP contribution in [0.15, 0.2) is 11.1 Å². The highest BCUT2D eigenvalue weighted by Crippen LogP contribution is 2.61. The molecule has 56 valence electrons. The molecule has 0 aromatic rings. The number of hydrogen-bond donors (Lipinski definition) is 0. The van der Waals surface area contributed by atoms with E-state index in [9.17, 15) is 0 Å². The minimum Gasteiger partial charge on any atom is -0.0701 e. The molecular formula is C10H16. The Kier molecular flexibility index (Phi) is 1.07. The van der Waals surface area contributed by atoms with Crippen molar-refractivity contribution in [3.05, 3.63) is 11.1 Å². The van der Waals surface area contributed by atoms with Gasteiger partial charge in [-0.15, -0.1) is 0 Å². The molecule has 0 aromatic carbocycles. The predicted octanol–water partition coefficient (Wildman–Crippen LogP) is 3.14. The molecule has 1 atom stereocenters. The fourth-order valence-electron chi connectivity index (χ4n) is 2.15. The molecule has 0 nitrogen and oxygen atoms in total. The summed E-state index contributed by atoms with van der Waals surface area (Å²) in [4.78, 5) is 0. The lowest BCUT2D eigenvalue weighted by Crippen LogP contribution is -1.97. The van der Waals surface area contributed by atoms with Crippen LogP contribution in [0.3, 0.4) is 0 Å². The molecule has 2 fully saturated rings. The Morgan fingerprint density at radius 3 is 1.90 bits per heavy atom. The largest absolute Gasteiger partial charge is 0.0701 e. The number of rotatable bonds is 0. The Labute approximate surface area is 63.3 Å². The summed E-state index contributed by atoms with van der Waals surface area (Å²) in [7, 11) is 0. The van der Waals surface area contributed by atoms with E-state index in [0.717, 1.165) is 5.92 Å². The van der Waals surface area contributed by atoms with Gasteiger partial charge in [-0.1, -0.05) is 31.9 Å². The molecule has 0 spiro atoms. The molecular weight excluding hydrogens is 120 g/mol. The van der Waals surface area contributed by atoms with E-state index in [4.69, 9.17) is 0 Å². The third kappa shape index (κ3) is 0.624. The average Bonchev–Trinajstić information content (AvgIpc) is 2.13. The lowest BCUT2D eigenvalue weighted by Gasteiger charge is -2.16. The van der Waals surface area contributed by atoms with Crippen LogP contribution in [0.4, 0.5) is 0 Å². The molecule has 0 radical (unpaired) electrons. The molecule has 1 unspecified atom stereocenters. The first-order valence-electron chi connectivity index (χ1n) is 4.36. The van der Waals surface area contributed by atoms with E-state index in [-0.39, 0.29) is 0 Å². The normalized spacial score (nSPS) is 35.7. The van der Waals surface area contributed by atoms with Crippen LogP contribution in [0, 0.1) is 11.3 Å². The molecule has 0 heteroatoms. The molecule has 2 rings (SSSR count). The van der Waals surface area contributed by atoms with Crippen molar-refractivity contribution in [2.45, 2.75) is 40.0 Å². The molecule has 2 aliphatic carbocycles. The summed E-state index contributed by atoms with van der Waals surface area (Å²) in [5.74, 6) is 0.891. The Hall–Kier alpha value is -0.260. The first kappa shape index (κ1) is 6.45. The van der Waals surface area contributed by atoms with Crippen molar-refractivity contribution in [3.8, 4) is 0 Å². The van der Waals surface area contributed by atoms with Crippen molar-refractivity contribution >= 4 is 0 Å². The third-order valence-corrected chi connectivity index (χ3v) is 3.46. The lowest BCUT2D eigenvalue weighted by molar-refractivity contribution is 0.590. The van der Waals surface area contributed by atoms with E-state index in [0.29, 0.717) is 5.41 Å². The molecule has 10 heavy (non-hydrogen) atoms. The zero-order valence-electron chi connectivity index (χ0n) is 7.20. The molecule has 2 aliphatic rings. The minimum absolute atomic E-state index is 0.579. The highest BCUT2D eigenvalue weighted by molar-refractivity contribution is 5.41. The molecule has 0 heterocycles. The van der Waals surface area contributed by atoms with Crippen molar-refractivity contribution in [1.29, 1.82) is 0 Å². The van der Waals surface area contributed by atoms with Crippen LogP contribution in [0.1, 0.15) is 40.0 Å². The van der Waals surface area contributed by atoms with E-state index in [1.165, 1.54) is 19.3 Å². The Morgan fingerprint density at radius 1 is 1.30 bits per heavy atom. The maximum Gasteiger partial charge on any atom is -0.00759 e. The quantitative estimate of drug-likeness (QED) is 0.449. The van der Waals surface area contributed by atoms with Gasteiger partial charge in [-0.25, -0.2) is 0 Å². The summed E-state index contributed by atoms with van der Waals surface area (Å²) >= 11 is 0. The van der Waals surface area contributed by atoms with Gasteiger partial charge in [0.05, 0.1) is 0 Å². The van der Waals surface area contributed by atoms with Gasteiger partial charge in [0.25, 0.3) is 0 Å². The van der Waals surface area contributed by atoms with Crippen LogP contribution in [0.25, 0.3) is 0 Å². The lowest BCUT2D eigenvalue weighted by atomic mass is 9.90. The molecule has 0 bridgehead atoms. The van der Waals surface area contributed by atoms with E-state index >= 15 is 0 Å². The second kappa shape index (κ2) is 1.66. The van der Waals surface area contributed by atoms with Crippen molar-refractivity contribution < 1.29 is 0 Å². The first-order valence-corrected chi connectivity index (χ1v) is 4.36. The monoisotopic (exact) mass is 136 g/mol. The van der Waals surface area contributed by atoms with Gasteiger partial charge in [0.2, 0.25) is 0 Å². The van der Waals surface area contributed by atoms with Crippen LogP contribution in [-0.2, 0) is 0 Å². The van der Waals surface area contributed by atoms with Gasteiger partial charge in [-0.2, -0.15) is 0 Å². The summed E-state index contributed by atoms with van der Waals surface area (Å²) in [5.41, 5.74) is 4.16. The second-order valence-corrected chi connectivity index (χ2v) is 4.31. The van der Waals surface area contributed by atoms with Gasteiger partial charge < -0.3 is 0 Å². The van der Waals surface area contributed by atoms with E-state index in [1.54, 1.807) is 11.1 Å². The maximum absolute atomic E-state index is 2.37. The Balaban J connectivity index is 2.23. The molecule has 0 saturated heterocycles. The summed E-state index contributed by atoms with van der Waals surface area (Å²) in [6, 6.07) is 0. The fraction of sp³-hybridized carbons (Fsp3) is 0.800. The van der Waals surface area contributed by atoms with Crippen molar-refractivity contribution in [2.75, 3.05) is 0 Å². The van der Waals surface area contributed by atoms with Crippen LogP contribution < -0.4 is 0 Å². The zero-order valence-corrected chi connectivity index (χ0v) is 7.20. The van der Waals surface area contributed by atoms with Crippen LogP contribution in [0.2, 0.25) is 0 Å². The highest BCUT2D eigenvalue weighted by atomic mass is 14.5. The van der Waals surface area contributed by atoms with Crippen LogP contribution in [0.5, 0.6) is 0 Å². The van der Waals surface area contributed by atoms with Gasteiger partial charge in [-0.3, -0.25) is 0 Å². The number of hydrogen-bond acceptors (Lipinski definition) is 0. The molecule has 0 N–H and O–H groups in total. The van der Waals surface area contributed by atoms with E-state index < -0.39 is 0 Å². The van der Waals surface area contributed by atoms with Gasteiger partial charge in [0.1, 0.15) is 0 Å². The minimum atomic E-state index is 0.579. The summed E-state index contributed by atoms with van der Waals surface area (Å²) in [6.45, 7) is 7.11. The maximum atomic E-state index is 2.37. The van der Waals surface area contributed by atoms with Crippen LogP contribution >= 0.6 is 0 Å². The third-order valence-electron chi connectivity index (χ3n) is 3.46. The topological polar surface area (TPSA) is 0 Å². The fourth-order valence-corrected chi connectivity index (χ4v) is 2.15. The van der Waals surface area contributed by atoms with Gasteiger partial charge >= 0.3 is 0 Å². The smallest absolute Gasteiger partial charge is 0.00759 e. The first-order chi connectivity index (χ1) is 4.64. The molecule has 0 aliphatic heterocycles. The van der Waals surface area contributed by atoms with Gasteiger partial charge in [0.15, 0.2) is 0 Å². The van der Waals surface area contributed by atoms with E-state index in [1.807, 2.05) is 0 Å². The van der Waals surface area contributed by atoms with Crippen molar-refractivity contribution in [3.63, 3.8) is 0 Å². The predicted molar refractivity (Wildman–Crippen MR) is 43.8 cm³/mol. The second-order valence-electron chi connectivity index (χ2n) is 4.31. The average molecular weight is 136 g/mol. The summed E-state index contributed by atoms with van der Waals surface area (Å²) in [6.07, 6.45) is 4.26. The summed E-state index contributed by atoms with van der Waals surface area (Å²) in [5, 5.41) is 0. The Bertz CT molecular complexity index is 190. The zero-order chi connectivity index (χ0) is 7.35. The SMILES string of the molecule is CC1C(=C2CCC2)C1(C)C. The molecule has 2 saturated carbocycles. The summed E-state index contributed by atoms with van der Waals surface area (Å²) < 4.78 is 0. The van der Waals surface area contributed by atoms with E-state index in [2.05, 4.69) is 20.8 Å². The van der Waals surface area contributed by atoms with Crippen molar-refractivity contribution in [1.82, 2.24) is 0 Å². The standard InChI is InChI=1S/C10H16/c1-7-9(10(7,2)3)8-5-4-6-8/h7H,4-6H2,1-3H3. The number of allylic oxidation sites excluding steroid dienone is 2. The highest BCUT2D eigenvalue weighted by Gasteiger charge is 2.50. The molecule has 0 amide bonds.